The summed E-state index contributed by atoms with van der Waals surface area (Å²) >= 11 is 6.09. The Labute approximate surface area is 207 Å². The van der Waals surface area contributed by atoms with Gasteiger partial charge in [0, 0.05) is 16.8 Å². The van der Waals surface area contributed by atoms with E-state index in [1.807, 2.05) is 32.0 Å². The maximum absolute atomic E-state index is 14.5. The highest BCUT2D eigenvalue weighted by atomic mass is 35.5. The van der Waals surface area contributed by atoms with E-state index in [0.29, 0.717) is 27.7 Å². The third-order valence-corrected chi connectivity index (χ3v) is 7.35. The number of halogens is 1. The molecule has 6 rings (SSSR count). The summed E-state index contributed by atoms with van der Waals surface area (Å²) in [6.45, 7) is 3.83. The number of aryl methyl sites for hydroxylation is 2. The van der Waals surface area contributed by atoms with Gasteiger partial charge in [0.25, 0.3) is 11.8 Å². The van der Waals surface area contributed by atoms with Crippen LogP contribution in [0.5, 0.6) is 5.75 Å². The fourth-order valence-corrected chi connectivity index (χ4v) is 5.74. The molecule has 3 aliphatic rings. The molecule has 0 N–H and O–H groups in total. The van der Waals surface area contributed by atoms with Gasteiger partial charge in [-0.3, -0.25) is 24.2 Å². The summed E-state index contributed by atoms with van der Waals surface area (Å²) in [5.41, 5.74) is 1.72. The Hall–Kier alpha value is -3.90. The average Bonchev–Trinajstić information content (AvgIpc) is 3.30. The third kappa shape index (κ3) is 2.86. The van der Waals surface area contributed by atoms with Crippen molar-refractivity contribution in [2.45, 2.75) is 25.6 Å². The zero-order valence-corrected chi connectivity index (χ0v) is 19.8. The summed E-state index contributed by atoms with van der Waals surface area (Å²) in [5.74, 6) is -1.55. The van der Waals surface area contributed by atoms with Crippen molar-refractivity contribution in [3.05, 3.63) is 101 Å². The second-order valence-corrected chi connectivity index (χ2v) is 9.51. The van der Waals surface area contributed by atoms with Gasteiger partial charge in [-0.2, -0.15) is 0 Å². The maximum atomic E-state index is 14.5. The van der Waals surface area contributed by atoms with Crippen molar-refractivity contribution in [1.82, 2.24) is 0 Å². The number of fused-ring (bicyclic) bond motifs is 3. The second kappa shape index (κ2) is 7.55. The van der Waals surface area contributed by atoms with E-state index in [2.05, 4.69) is 0 Å². The van der Waals surface area contributed by atoms with Crippen LogP contribution in [0.25, 0.3) is 0 Å². The number of nitrogens with zero attached hydrogens (tertiary/aromatic N) is 2. The number of Topliss-reactive ketones (excluding diaryl/α,β-unsaturated/α-hetero) is 1. The van der Waals surface area contributed by atoms with Crippen LogP contribution < -0.4 is 14.5 Å². The van der Waals surface area contributed by atoms with Crippen molar-refractivity contribution >= 4 is 40.6 Å². The van der Waals surface area contributed by atoms with Crippen LogP contribution in [0.1, 0.15) is 21.5 Å². The quantitative estimate of drug-likeness (QED) is 0.521. The Morgan fingerprint density at radius 3 is 2.29 bits per heavy atom. The van der Waals surface area contributed by atoms with Gasteiger partial charge in [-0.15, -0.1) is 0 Å². The molecule has 3 unspecified atom stereocenters. The standard InChI is InChI=1S/C28H21ClN2O4/c1-16-6-5-7-17(2)24(16)30-26-23(25(33)20-8-3-4-9-21(20)35-26)28(27(30)34)15-14-22(32)31(28)19-12-10-18(29)11-13-19/h3-15,23,26H,1-2H3. The molecule has 0 radical (unpaired) electrons. The number of hydrogen-bond acceptors (Lipinski definition) is 4. The molecule has 174 valence electrons. The predicted molar refractivity (Wildman–Crippen MR) is 133 cm³/mol. The molecule has 0 bridgehead atoms. The van der Waals surface area contributed by atoms with E-state index in [-0.39, 0.29) is 17.6 Å². The third-order valence-electron chi connectivity index (χ3n) is 7.09. The fraction of sp³-hybridized carbons (Fsp3) is 0.179. The molecule has 6 nitrogen and oxygen atoms in total. The van der Waals surface area contributed by atoms with Crippen LogP contribution in [0.2, 0.25) is 5.02 Å². The number of ether oxygens (including phenoxy) is 1. The molecule has 3 atom stereocenters. The average molecular weight is 485 g/mol. The summed E-state index contributed by atoms with van der Waals surface area (Å²) in [4.78, 5) is 44.8. The monoisotopic (exact) mass is 484 g/mol. The highest BCUT2D eigenvalue weighted by molar-refractivity contribution is 6.30. The summed E-state index contributed by atoms with van der Waals surface area (Å²) in [7, 11) is 0. The Morgan fingerprint density at radius 2 is 1.57 bits per heavy atom. The Balaban J connectivity index is 1.62. The zero-order valence-electron chi connectivity index (χ0n) is 19.1. The number of para-hydroxylation sites is 2. The van der Waals surface area contributed by atoms with E-state index in [4.69, 9.17) is 16.3 Å². The van der Waals surface area contributed by atoms with Crippen molar-refractivity contribution in [2.75, 3.05) is 9.80 Å². The maximum Gasteiger partial charge on any atom is 0.261 e. The molecule has 3 aromatic rings. The summed E-state index contributed by atoms with van der Waals surface area (Å²) in [6, 6.07) is 19.4. The van der Waals surface area contributed by atoms with Crippen LogP contribution in [0.3, 0.4) is 0 Å². The Kier molecular flexibility index (Phi) is 4.66. The largest absolute Gasteiger partial charge is 0.468 e. The van der Waals surface area contributed by atoms with E-state index in [0.717, 1.165) is 11.1 Å². The first kappa shape index (κ1) is 21.6. The van der Waals surface area contributed by atoms with E-state index in [9.17, 15) is 14.4 Å². The second-order valence-electron chi connectivity index (χ2n) is 9.07. The minimum Gasteiger partial charge on any atom is -0.468 e. The molecule has 2 amide bonds. The van der Waals surface area contributed by atoms with Gasteiger partial charge in [-0.1, -0.05) is 41.9 Å². The van der Waals surface area contributed by atoms with E-state index >= 15 is 0 Å². The molecule has 7 heteroatoms. The number of rotatable bonds is 2. The lowest BCUT2D eigenvalue weighted by atomic mass is 9.78. The molecular formula is C28H21ClN2O4. The highest BCUT2D eigenvalue weighted by Gasteiger charge is 2.69. The van der Waals surface area contributed by atoms with Crippen molar-refractivity contribution in [2.24, 2.45) is 5.92 Å². The molecule has 1 saturated heterocycles. The minimum absolute atomic E-state index is 0.239. The number of anilines is 2. The van der Waals surface area contributed by atoms with Crippen LogP contribution in [0, 0.1) is 19.8 Å². The lowest BCUT2D eigenvalue weighted by Gasteiger charge is -2.38. The van der Waals surface area contributed by atoms with Crippen molar-refractivity contribution in [1.29, 1.82) is 0 Å². The SMILES string of the molecule is Cc1cccc(C)c1N1C(=O)C2(C=CC(=O)N2c2ccc(Cl)cc2)C2C(=O)c3ccccc3OC21. The first-order chi connectivity index (χ1) is 16.8. The van der Waals surface area contributed by atoms with Crippen molar-refractivity contribution in [3.63, 3.8) is 0 Å². The number of carbonyl (C=O) groups is 3. The topological polar surface area (TPSA) is 66.9 Å². The molecule has 3 heterocycles. The number of benzene rings is 3. The number of carbonyl (C=O) groups excluding carboxylic acids is 3. The number of hydrogen-bond donors (Lipinski definition) is 0. The van der Waals surface area contributed by atoms with Crippen molar-refractivity contribution in [3.8, 4) is 5.75 Å². The van der Waals surface area contributed by atoms with Gasteiger partial charge < -0.3 is 4.74 Å². The molecule has 0 aromatic heterocycles. The summed E-state index contributed by atoms with van der Waals surface area (Å²) < 4.78 is 6.39. The van der Waals surface area contributed by atoms with E-state index in [1.54, 1.807) is 59.5 Å². The molecule has 3 aromatic carbocycles. The smallest absolute Gasteiger partial charge is 0.261 e. The number of amides is 2. The van der Waals surface area contributed by atoms with Crippen molar-refractivity contribution < 1.29 is 19.1 Å². The van der Waals surface area contributed by atoms with Gasteiger partial charge in [-0.25, -0.2) is 0 Å². The normalized spacial score (nSPS) is 24.7. The molecule has 3 aliphatic heterocycles. The van der Waals surface area contributed by atoms with E-state index < -0.39 is 17.7 Å². The van der Waals surface area contributed by atoms with E-state index in [1.165, 1.54) is 11.0 Å². The van der Waals surface area contributed by atoms with Gasteiger partial charge in [0.1, 0.15) is 11.7 Å². The number of ketones is 1. The van der Waals surface area contributed by atoms with Gasteiger partial charge >= 0.3 is 0 Å². The van der Waals surface area contributed by atoms with Gasteiger partial charge in [0.05, 0.1) is 11.3 Å². The Morgan fingerprint density at radius 1 is 0.886 bits per heavy atom. The van der Waals surface area contributed by atoms with Crippen LogP contribution in [-0.2, 0) is 9.59 Å². The molecule has 1 spiro atoms. The van der Waals surface area contributed by atoms with Gasteiger partial charge in [0.15, 0.2) is 17.6 Å². The van der Waals surface area contributed by atoms with Crippen LogP contribution in [0.4, 0.5) is 11.4 Å². The Bertz CT molecular complexity index is 1430. The summed E-state index contributed by atoms with van der Waals surface area (Å²) in [5, 5.41) is 0.501. The molecule has 1 fully saturated rings. The summed E-state index contributed by atoms with van der Waals surface area (Å²) in [6.07, 6.45) is 2.01. The van der Waals surface area contributed by atoms with Crippen LogP contribution in [-0.4, -0.2) is 29.4 Å². The molecule has 0 saturated carbocycles. The lowest BCUT2D eigenvalue weighted by Crippen LogP contribution is -2.58. The molecule has 0 aliphatic carbocycles. The van der Waals surface area contributed by atoms with Crippen LogP contribution >= 0.6 is 11.6 Å². The van der Waals surface area contributed by atoms with Gasteiger partial charge in [-0.05, 0) is 67.4 Å². The lowest BCUT2D eigenvalue weighted by molar-refractivity contribution is -0.123. The zero-order chi connectivity index (χ0) is 24.5. The van der Waals surface area contributed by atoms with Crippen LogP contribution in [0.15, 0.2) is 78.9 Å². The fourth-order valence-electron chi connectivity index (χ4n) is 5.61. The molecular weight excluding hydrogens is 464 g/mol. The first-order valence-electron chi connectivity index (χ1n) is 11.3. The molecule has 35 heavy (non-hydrogen) atoms. The highest BCUT2D eigenvalue weighted by Crippen LogP contribution is 2.52. The first-order valence-corrected chi connectivity index (χ1v) is 11.7. The van der Waals surface area contributed by atoms with Gasteiger partial charge in [0.2, 0.25) is 0 Å². The minimum atomic E-state index is -1.57. The predicted octanol–water partition coefficient (Wildman–Crippen LogP) is 4.86.